The van der Waals surface area contributed by atoms with Crippen molar-refractivity contribution in [2.24, 2.45) is 11.8 Å². The number of likely N-dealkylation sites (tertiary alicyclic amines) is 1. The van der Waals surface area contributed by atoms with Crippen LogP contribution < -0.4 is 0 Å². The monoisotopic (exact) mass is 375 g/mol. The first-order chi connectivity index (χ1) is 12.1. The van der Waals surface area contributed by atoms with Crippen molar-refractivity contribution in [1.29, 1.82) is 0 Å². The van der Waals surface area contributed by atoms with Gasteiger partial charge in [-0.15, -0.1) is 0 Å². The van der Waals surface area contributed by atoms with Gasteiger partial charge in [0.05, 0.1) is 23.7 Å². The van der Waals surface area contributed by atoms with E-state index in [2.05, 4.69) is 0 Å². The Kier molecular flexibility index (Phi) is 6.26. The van der Waals surface area contributed by atoms with Gasteiger partial charge in [0.1, 0.15) is 5.82 Å². The molecule has 1 saturated heterocycles. The van der Waals surface area contributed by atoms with Gasteiger partial charge >= 0.3 is 12.1 Å². The van der Waals surface area contributed by atoms with Gasteiger partial charge in [-0.05, 0) is 37.0 Å². The maximum absolute atomic E-state index is 13.9. The summed E-state index contributed by atoms with van der Waals surface area (Å²) < 4.78 is 57.4. The van der Waals surface area contributed by atoms with Crippen molar-refractivity contribution in [3.8, 4) is 0 Å². The normalized spacial score (nSPS) is 16.0. The minimum absolute atomic E-state index is 0.163. The summed E-state index contributed by atoms with van der Waals surface area (Å²) in [6.07, 6.45) is -3.98. The maximum atomic E-state index is 13.9. The molecule has 0 spiro atoms. The highest BCUT2D eigenvalue weighted by molar-refractivity contribution is 5.95. The van der Waals surface area contributed by atoms with Gasteiger partial charge in [-0.1, -0.05) is 13.8 Å². The number of piperidine rings is 1. The molecule has 0 unspecified atom stereocenters. The third-order valence-corrected chi connectivity index (χ3v) is 4.20. The van der Waals surface area contributed by atoms with Gasteiger partial charge in [0.15, 0.2) is 0 Å². The molecule has 0 bridgehead atoms. The quantitative estimate of drug-likeness (QED) is 0.592. The van der Waals surface area contributed by atoms with Crippen molar-refractivity contribution in [1.82, 2.24) is 4.90 Å². The average molecular weight is 375 g/mol. The molecule has 2 rings (SSSR count). The highest BCUT2D eigenvalue weighted by atomic mass is 19.4. The fourth-order valence-electron chi connectivity index (χ4n) is 2.72. The molecule has 4 nitrogen and oxygen atoms in total. The van der Waals surface area contributed by atoms with Gasteiger partial charge < -0.3 is 9.64 Å². The molecule has 0 N–H and O–H groups in total. The highest BCUT2D eigenvalue weighted by Crippen LogP contribution is 2.31. The molecular formula is C18H21F4NO3. The first-order valence-corrected chi connectivity index (χ1v) is 8.42. The second kappa shape index (κ2) is 8.05. The maximum Gasteiger partial charge on any atom is 0.416 e. The summed E-state index contributed by atoms with van der Waals surface area (Å²) in [5.74, 6) is -2.28. The van der Waals surface area contributed by atoms with Crippen molar-refractivity contribution in [3.63, 3.8) is 0 Å². The molecule has 144 valence electrons. The molecule has 0 radical (unpaired) electrons. The zero-order valence-corrected chi connectivity index (χ0v) is 14.6. The van der Waals surface area contributed by atoms with E-state index >= 15 is 0 Å². The van der Waals surface area contributed by atoms with Gasteiger partial charge in [0.2, 0.25) is 0 Å². The molecule has 1 aliphatic rings. The van der Waals surface area contributed by atoms with E-state index in [4.69, 9.17) is 4.74 Å². The predicted molar refractivity (Wildman–Crippen MR) is 85.8 cm³/mol. The van der Waals surface area contributed by atoms with Crippen LogP contribution in [0.3, 0.4) is 0 Å². The van der Waals surface area contributed by atoms with Crippen LogP contribution in [-0.4, -0.2) is 36.5 Å². The summed E-state index contributed by atoms with van der Waals surface area (Å²) in [5, 5.41) is 0. The minimum Gasteiger partial charge on any atom is -0.465 e. The minimum atomic E-state index is -4.66. The Labute approximate surface area is 149 Å². The molecule has 0 atom stereocenters. The Hall–Kier alpha value is -2.12. The van der Waals surface area contributed by atoms with E-state index in [9.17, 15) is 27.2 Å². The number of amides is 1. The molecule has 1 amide bonds. The number of nitrogens with zero attached hydrogens (tertiary/aromatic N) is 1. The van der Waals surface area contributed by atoms with Crippen LogP contribution in [0.5, 0.6) is 0 Å². The third kappa shape index (κ3) is 4.95. The largest absolute Gasteiger partial charge is 0.465 e. The number of esters is 1. The third-order valence-electron chi connectivity index (χ3n) is 4.20. The van der Waals surface area contributed by atoms with Crippen LogP contribution in [0.1, 0.15) is 42.6 Å². The lowest BCUT2D eigenvalue weighted by Crippen LogP contribution is -2.41. The second-order valence-electron chi connectivity index (χ2n) is 6.78. The van der Waals surface area contributed by atoms with Crippen molar-refractivity contribution in [2.75, 3.05) is 19.7 Å². The van der Waals surface area contributed by atoms with Crippen LogP contribution in [0.4, 0.5) is 17.6 Å². The zero-order chi connectivity index (χ0) is 19.5. The fraction of sp³-hybridized carbons (Fsp3) is 0.556. The summed E-state index contributed by atoms with van der Waals surface area (Å²) in [4.78, 5) is 25.6. The molecular weight excluding hydrogens is 354 g/mol. The number of carbonyl (C=O) groups excluding carboxylic acids is 2. The molecule has 0 aliphatic carbocycles. The van der Waals surface area contributed by atoms with Gasteiger partial charge in [-0.3, -0.25) is 9.59 Å². The predicted octanol–water partition coefficient (Wildman–Crippen LogP) is 3.90. The Balaban J connectivity index is 2.01. The van der Waals surface area contributed by atoms with Crippen LogP contribution in [0, 0.1) is 17.7 Å². The van der Waals surface area contributed by atoms with Crippen LogP contribution in [0.2, 0.25) is 0 Å². The van der Waals surface area contributed by atoms with E-state index < -0.39 is 29.0 Å². The van der Waals surface area contributed by atoms with Crippen LogP contribution in [-0.2, 0) is 15.7 Å². The summed E-state index contributed by atoms with van der Waals surface area (Å²) in [6, 6.07) is 1.77. The van der Waals surface area contributed by atoms with Gasteiger partial charge in [-0.2, -0.15) is 13.2 Å². The number of benzene rings is 1. The molecule has 1 aromatic carbocycles. The van der Waals surface area contributed by atoms with Crippen molar-refractivity contribution >= 4 is 11.9 Å². The standard InChI is InChI=1S/C18H21F4NO3/c1-11(2)10-26-17(25)12-5-7-23(8-6-12)16(24)14-9-13(18(20,21)22)3-4-15(14)19/h3-4,9,11-12H,5-8,10H2,1-2H3. The Morgan fingerprint density at radius 1 is 1.23 bits per heavy atom. The van der Waals surface area contributed by atoms with E-state index in [-0.39, 0.29) is 30.9 Å². The first-order valence-electron chi connectivity index (χ1n) is 8.42. The van der Waals surface area contributed by atoms with E-state index in [1.165, 1.54) is 4.90 Å². The Morgan fingerprint density at radius 3 is 2.38 bits per heavy atom. The number of halogens is 4. The molecule has 8 heteroatoms. The van der Waals surface area contributed by atoms with E-state index in [1.807, 2.05) is 13.8 Å². The van der Waals surface area contributed by atoms with Crippen molar-refractivity contribution in [2.45, 2.75) is 32.9 Å². The smallest absolute Gasteiger partial charge is 0.416 e. The molecule has 0 aromatic heterocycles. The van der Waals surface area contributed by atoms with Crippen LogP contribution >= 0.6 is 0 Å². The van der Waals surface area contributed by atoms with Crippen LogP contribution in [0.25, 0.3) is 0 Å². The van der Waals surface area contributed by atoms with Crippen molar-refractivity contribution in [3.05, 3.63) is 35.1 Å². The lowest BCUT2D eigenvalue weighted by atomic mass is 9.96. The SMILES string of the molecule is CC(C)COC(=O)C1CCN(C(=O)c2cc(C(F)(F)F)ccc2F)CC1. The summed E-state index contributed by atoms with van der Waals surface area (Å²) >= 11 is 0. The Morgan fingerprint density at radius 2 is 1.85 bits per heavy atom. The highest BCUT2D eigenvalue weighted by Gasteiger charge is 2.34. The average Bonchev–Trinajstić information content (AvgIpc) is 2.58. The Bertz CT molecular complexity index is 665. The molecule has 1 fully saturated rings. The number of carbonyl (C=O) groups is 2. The zero-order valence-electron chi connectivity index (χ0n) is 14.6. The van der Waals surface area contributed by atoms with E-state index in [0.717, 1.165) is 0 Å². The van der Waals surface area contributed by atoms with Gasteiger partial charge in [-0.25, -0.2) is 4.39 Å². The molecule has 1 aliphatic heterocycles. The molecule has 0 saturated carbocycles. The van der Waals surface area contributed by atoms with Crippen molar-refractivity contribution < 1.29 is 31.9 Å². The second-order valence-corrected chi connectivity index (χ2v) is 6.78. The molecule has 1 aromatic rings. The molecule has 26 heavy (non-hydrogen) atoms. The summed E-state index contributed by atoms with van der Waals surface area (Å²) in [6.45, 7) is 4.47. The lowest BCUT2D eigenvalue weighted by molar-refractivity contribution is -0.151. The lowest BCUT2D eigenvalue weighted by Gasteiger charge is -2.31. The first kappa shape index (κ1) is 20.2. The number of ether oxygens (including phenoxy) is 1. The number of alkyl halides is 3. The van der Waals surface area contributed by atoms with Crippen LogP contribution in [0.15, 0.2) is 18.2 Å². The summed E-state index contributed by atoms with van der Waals surface area (Å²) in [5.41, 5.74) is -1.69. The fourth-order valence-corrected chi connectivity index (χ4v) is 2.72. The number of hydrogen-bond donors (Lipinski definition) is 0. The van der Waals surface area contributed by atoms with E-state index in [1.54, 1.807) is 0 Å². The van der Waals surface area contributed by atoms with E-state index in [0.29, 0.717) is 37.6 Å². The van der Waals surface area contributed by atoms with Gasteiger partial charge in [0, 0.05) is 13.1 Å². The number of rotatable bonds is 4. The molecule has 1 heterocycles. The van der Waals surface area contributed by atoms with Gasteiger partial charge in [0.25, 0.3) is 5.91 Å². The number of hydrogen-bond acceptors (Lipinski definition) is 3. The summed E-state index contributed by atoms with van der Waals surface area (Å²) in [7, 11) is 0. The topological polar surface area (TPSA) is 46.6 Å².